The Morgan fingerprint density at radius 1 is 1.25 bits per heavy atom. The highest BCUT2D eigenvalue weighted by molar-refractivity contribution is 5.95. The number of carbonyl (C=O) groups excluding carboxylic acids is 2. The van der Waals surface area contributed by atoms with Gasteiger partial charge in [0.05, 0.1) is 6.54 Å². The fourth-order valence-electron chi connectivity index (χ4n) is 2.22. The Morgan fingerprint density at radius 2 is 2.05 bits per heavy atom. The second-order valence-electron chi connectivity index (χ2n) is 4.60. The summed E-state index contributed by atoms with van der Waals surface area (Å²) in [5.41, 5.74) is 1.40. The van der Waals surface area contributed by atoms with Gasteiger partial charge in [-0.1, -0.05) is 35.5 Å². The molecule has 1 saturated heterocycles. The van der Waals surface area contributed by atoms with Crippen LogP contribution in [0.3, 0.4) is 0 Å². The summed E-state index contributed by atoms with van der Waals surface area (Å²) < 4.78 is 4.74. The van der Waals surface area contributed by atoms with Gasteiger partial charge >= 0.3 is 0 Å². The summed E-state index contributed by atoms with van der Waals surface area (Å²) in [4.78, 5) is 25.7. The highest BCUT2D eigenvalue weighted by Gasteiger charge is 2.33. The Labute approximate surface area is 115 Å². The van der Waals surface area contributed by atoms with Gasteiger partial charge in [0.25, 0.3) is 5.91 Å². The van der Waals surface area contributed by atoms with Crippen molar-refractivity contribution in [3.05, 3.63) is 53.9 Å². The minimum absolute atomic E-state index is 0.0367. The lowest BCUT2D eigenvalue weighted by Crippen LogP contribution is -2.52. The first kappa shape index (κ1) is 12.4. The van der Waals surface area contributed by atoms with Crippen molar-refractivity contribution in [1.29, 1.82) is 0 Å². The zero-order valence-corrected chi connectivity index (χ0v) is 10.7. The van der Waals surface area contributed by atoms with E-state index in [0.29, 0.717) is 5.69 Å². The topological polar surface area (TPSA) is 75.4 Å². The van der Waals surface area contributed by atoms with E-state index < -0.39 is 6.04 Å². The Kier molecular flexibility index (Phi) is 3.20. The molecule has 6 heteroatoms. The van der Waals surface area contributed by atoms with Crippen LogP contribution in [0.1, 0.15) is 17.3 Å². The minimum atomic E-state index is -0.635. The van der Waals surface area contributed by atoms with Crippen LogP contribution in [0.15, 0.2) is 47.2 Å². The molecule has 1 aromatic carbocycles. The smallest absolute Gasteiger partial charge is 0.250 e. The number of piperazine rings is 1. The van der Waals surface area contributed by atoms with Gasteiger partial charge in [-0.3, -0.25) is 9.59 Å². The molecule has 1 aliphatic rings. The number of amides is 2. The molecule has 1 unspecified atom stereocenters. The first-order valence-corrected chi connectivity index (χ1v) is 6.26. The molecule has 0 radical (unpaired) electrons. The van der Waals surface area contributed by atoms with Crippen LogP contribution in [0.25, 0.3) is 0 Å². The SMILES string of the molecule is O=C1CN(Cc2ccon2)C(=O)C(c2ccccc2)N1. The van der Waals surface area contributed by atoms with Crippen LogP contribution in [0, 0.1) is 0 Å². The maximum absolute atomic E-state index is 12.5. The molecule has 2 amide bonds. The highest BCUT2D eigenvalue weighted by Crippen LogP contribution is 2.20. The second-order valence-corrected chi connectivity index (χ2v) is 4.60. The molecule has 1 atom stereocenters. The number of hydrogen-bond donors (Lipinski definition) is 1. The van der Waals surface area contributed by atoms with Gasteiger partial charge in [0, 0.05) is 6.07 Å². The van der Waals surface area contributed by atoms with Crippen molar-refractivity contribution in [2.24, 2.45) is 0 Å². The molecular formula is C14H13N3O3. The van der Waals surface area contributed by atoms with Gasteiger partial charge in [-0.25, -0.2) is 0 Å². The first-order chi connectivity index (χ1) is 9.74. The van der Waals surface area contributed by atoms with E-state index in [1.165, 1.54) is 11.2 Å². The average molecular weight is 271 g/mol. The monoisotopic (exact) mass is 271 g/mol. The predicted molar refractivity (Wildman–Crippen MR) is 69.2 cm³/mol. The third-order valence-electron chi connectivity index (χ3n) is 3.18. The molecule has 2 heterocycles. The van der Waals surface area contributed by atoms with Crippen LogP contribution < -0.4 is 5.32 Å². The molecule has 1 fully saturated rings. The van der Waals surface area contributed by atoms with Gasteiger partial charge in [-0.2, -0.15) is 0 Å². The van der Waals surface area contributed by atoms with E-state index in [1.807, 2.05) is 30.3 Å². The van der Waals surface area contributed by atoms with Crippen LogP contribution >= 0.6 is 0 Å². The lowest BCUT2D eigenvalue weighted by Gasteiger charge is -2.32. The van der Waals surface area contributed by atoms with Gasteiger partial charge in [0.1, 0.15) is 24.5 Å². The molecule has 6 nitrogen and oxygen atoms in total. The zero-order valence-electron chi connectivity index (χ0n) is 10.7. The van der Waals surface area contributed by atoms with Crippen molar-refractivity contribution < 1.29 is 14.1 Å². The van der Waals surface area contributed by atoms with E-state index in [0.717, 1.165) is 5.56 Å². The van der Waals surface area contributed by atoms with Gasteiger partial charge in [-0.15, -0.1) is 0 Å². The van der Waals surface area contributed by atoms with Gasteiger partial charge in [-0.05, 0) is 5.56 Å². The standard InChI is InChI=1S/C14H13N3O3/c18-12-9-17(8-11-6-7-20-16-11)14(19)13(15-12)10-4-2-1-3-5-10/h1-7,13H,8-9H2,(H,15,18). The fourth-order valence-corrected chi connectivity index (χ4v) is 2.22. The maximum Gasteiger partial charge on any atom is 0.250 e. The molecule has 1 aromatic heterocycles. The van der Waals surface area contributed by atoms with Crippen molar-refractivity contribution >= 4 is 11.8 Å². The van der Waals surface area contributed by atoms with Crippen molar-refractivity contribution in [1.82, 2.24) is 15.4 Å². The highest BCUT2D eigenvalue weighted by atomic mass is 16.5. The van der Waals surface area contributed by atoms with Crippen LogP contribution in [0.2, 0.25) is 0 Å². The summed E-state index contributed by atoms with van der Waals surface area (Å²) in [6.45, 7) is 0.307. The molecule has 102 valence electrons. The van der Waals surface area contributed by atoms with Crippen LogP contribution in [0.5, 0.6) is 0 Å². The normalized spacial score (nSPS) is 19.0. The van der Waals surface area contributed by atoms with Gasteiger partial charge in [0.15, 0.2) is 0 Å². The van der Waals surface area contributed by atoms with E-state index in [-0.39, 0.29) is 24.9 Å². The van der Waals surface area contributed by atoms with Crippen LogP contribution in [-0.4, -0.2) is 28.4 Å². The van der Waals surface area contributed by atoms with E-state index >= 15 is 0 Å². The van der Waals surface area contributed by atoms with Crippen molar-refractivity contribution in [3.8, 4) is 0 Å². The quantitative estimate of drug-likeness (QED) is 0.899. The Morgan fingerprint density at radius 3 is 2.75 bits per heavy atom. The summed E-state index contributed by atoms with van der Waals surface area (Å²) in [7, 11) is 0. The molecule has 3 rings (SSSR count). The summed E-state index contributed by atoms with van der Waals surface area (Å²) in [6, 6.07) is 10.2. The Bertz CT molecular complexity index is 610. The molecule has 1 aliphatic heterocycles. The number of nitrogens with zero attached hydrogens (tertiary/aromatic N) is 2. The number of rotatable bonds is 3. The van der Waals surface area contributed by atoms with E-state index in [4.69, 9.17) is 4.52 Å². The summed E-state index contributed by atoms with van der Waals surface area (Å²) >= 11 is 0. The number of hydrogen-bond acceptors (Lipinski definition) is 4. The molecule has 0 spiro atoms. The molecule has 20 heavy (non-hydrogen) atoms. The lowest BCUT2D eigenvalue weighted by atomic mass is 10.0. The third-order valence-corrected chi connectivity index (χ3v) is 3.18. The van der Waals surface area contributed by atoms with Crippen molar-refractivity contribution in [2.45, 2.75) is 12.6 Å². The summed E-state index contributed by atoms with van der Waals surface area (Å²) in [6.07, 6.45) is 1.44. The molecule has 0 saturated carbocycles. The van der Waals surface area contributed by atoms with Crippen molar-refractivity contribution in [3.63, 3.8) is 0 Å². The first-order valence-electron chi connectivity index (χ1n) is 6.26. The second kappa shape index (κ2) is 5.16. The van der Waals surface area contributed by atoms with Gasteiger partial charge in [0.2, 0.25) is 5.91 Å². The number of carbonyl (C=O) groups is 2. The lowest BCUT2D eigenvalue weighted by molar-refractivity contribution is -0.145. The fraction of sp³-hybridized carbons (Fsp3) is 0.214. The van der Waals surface area contributed by atoms with Gasteiger partial charge < -0.3 is 14.7 Å². The molecule has 1 N–H and O–H groups in total. The number of nitrogens with one attached hydrogen (secondary N) is 1. The van der Waals surface area contributed by atoms with Crippen LogP contribution in [0.4, 0.5) is 0 Å². The van der Waals surface area contributed by atoms with Crippen molar-refractivity contribution in [2.75, 3.05) is 6.54 Å². The molecule has 0 bridgehead atoms. The molecule has 2 aromatic rings. The van der Waals surface area contributed by atoms with E-state index in [1.54, 1.807) is 6.07 Å². The van der Waals surface area contributed by atoms with E-state index in [2.05, 4.69) is 10.5 Å². The third kappa shape index (κ3) is 2.40. The zero-order chi connectivity index (χ0) is 13.9. The molecule has 0 aliphatic carbocycles. The van der Waals surface area contributed by atoms with Crippen LogP contribution in [-0.2, 0) is 16.1 Å². The summed E-state index contributed by atoms with van der Waals surface area (Å²) in [5, 5.41) is 6.49. The largest absolute Gasteiger partial charge is 0.364 e. The Hall–Kier alpha value is -2.63. The minimum Gasteiger partial charge on any atom is -0.364 e. The summed E-state index contributed by atoms with van der Waals surface area (Å²) in [5.74, 6) is -0.319. The van der Waals surface area contributed by atoms with E-state index in [9.17, 15) is 9.59 Å². The predicted octanol–water partition coefficient (Wildman–Crippen LogP) is 0.874. The maximum atomic E-state index is 12.5. The Balaban J connectivity index is 1.82. The number of aromatic nitrogens is 1. The molecular weight excluding hydrogens is 258 g/mol. The number of benzene rings is 1. The average Bonchev–Trinajstić information content (AvgIpc) is 2.96.